The lowest BCUT2D eigenvalue weighted by atomic mass is 9.99. The van der Waals surface area contributed by atoms with Crippen LogP contribution in [0.15, 0.2) is 41.0 Å². The summed E-state index contributed by atoms with van der Waals surface area (Å²) in [7, 11) is 0. The quantitative estimate of drug-likeness (QED) is 0.843. The monoisotopic (exact) mass is 352 g/mol. The molecule has 0 saturated carbocycles. The molecule has 1 N–H and O–H groups in total. The third kappa shape index (κ3) is 4.05. The number of pyridine rings is 1. The van der Waals surface area contributed by atoms with Crippen molar-refractivity contribution in [1.82, 2.24) is 10.3 Å². The van der Waals surface area contributed by atoms with Gasteiger partial charge in [-0.05, 0) is 48.9 Å². The molecule has 0 fully saturated rings. The Morgan fingerprint density at radius 3 is 2.80 bits per heavy atom. The number of hydrogen-bond acceptors (Lipinski definition) is 2. The van der Waals surface area contributed by atoms with E-state index in [0.717, 1.165) is 28.2 Å². The van der Waals surface area contributed by atoms with Gasteiger partial charge >= 0.3 is 0 Å². The van der Waals surface area contributed by atoms with E-state index in [0.29, 0.717) is 0 Å². The average molecular weight is 354 g/mol. The van der Waals surface area contributed by atoms with Crippen LogP contribution < -0.4 is 5.32 Å². The summed E-state index contributed by atoms with van der Waals surface area (Å²) in [6, 6.07) is 10.3. The highest BCUT2D eigenvalue weighted by Gasteiger charge is 2.14. The maximum Gasteiger partial charge on any atom is 0.0451 e. The summed E-state index contributed by atoms with van der Waals surface area (Å²) in [5.41, 5.74) is 3.52. The van der Waals surface area contributed by atoms with Crippen molar-refractivity contribution < 1.29 is 0 Å². The lowest BCUT2D eigenvalue weighted by Gasteiger charge is -2.19. The standard InChI is InChI=1S/C16H18BrClN2/c1-3-19-16(10-15-11(2)5-4-6-20-15)12-7-13(17)9-14(18)8-12/h4-9,16,19H,3,10H2,1-2H3. The van der Waals surface area contributed by atoms with Gasteiger partial charge in [-0.3, -0.25) is 4.98 Å². The van der Waals surface area contributed by atoms with E-state index in [-0.39, 0.29) is 6.04 Å². The van der Waals surface area contributed by atoms with Gasteiger partial charge in [-0.15, -0.1) is 0 Å². The van der Waals surface area contributed by atoms with Crippen molar-refractivity contribution in [2.75, 3.05) is 6.54 Å². The minimum atomic E-state index is 0.212. The molecule has 4 heteroatoms. The van der Waals surface area contributed by atoms with Crippen LogP contribution in [0.3, 0.4) is 0 Å². The fraction of sp³-hybridized carbons (Fsp3) is 0.312. The van der Waals surface area contributed by atoms with Crippen molar-refractivity contribution >= 4 is 27.5 Å². The van der Waals surface area contributed by atoms with Gasteiger partial charge in [-0.25, -0.2) is 0 Å². The maximum absolute atomic E-state index is 6.16. The van der Waals surface area contributed by atoms with Crippen molar-refractivity contribution in [2.45, 2.75) is 26.3 Å². The van der Waals surface area contributed by atoms with E-state index in [1.807, 2.05) is 24.4 Å². The molecule has 0 bridgehead atoms. The summed E-state index contributed by atoms with van der Waals surface area (Å²) in [6.07, 6.45) is 2.70. The Morgan fingerprint density at radius 2 is 2.15 bits per heavy atom. The fourth-order valence-electron chi connectivity index (χ4n) is 2.26. The molecule has 1 aromatic heterocycles. The zero-order valence-electron chi connectivity index (χ0n) is 11.7. The van der Waals surface area contributed by atoms with Gasteiger partial charge in [-0.1, -0.05) is 40.5 Å². The molecule has 1 unspecified atom stereocenters. The Hall–Kier alpha value is -0.900. The van der Waals surface area contributed by atoms with Gasteiger partial charge < -0.3 is 5.32 Å². The number of likely N-dealkylation sites (N-methyl/N-ethyl adjacent to an activating group) is 1. The summed E-state index contributed by atoms with van der Waals surface area (Å²) >= 11 is 9.66. The van der Waals surface area contributed by atoms with E-state index in [1.54, 1.807) is 0 Å². The average Bonchev–Trinajstić information content (AvgIpc) is 2.39. The first-order valence-electron chi connectivity index (χ1n) is 6.70. The number of hydrogen-bond donors (Lipinski definition) is 1. The lowest BCUT2D eigenvalue weighted by molar-refractivity contribution is 0.542. The zero-order valence-corrected chi connectivity index (χ0v) is 14.0. The predicted molar refractivity (Wildman–Crippen MR) is 88.2 cm³/mol. The molecule has 0 aliphatic rings. The molecule has 0 aliphatic carbocycles. The third-order valence-electron chi connectivity index (χ3n) is 3.25. The Labute approximate surface area is 133 Å². The number of halogens is 2. The summed E-state index contributed by atoms with van der Waals surface area (Å²) < 4.78 is 1.00. The molecule has 0 aliphatic heterocycles. The van der Waals surface area contributed by atoms with Gasteiger partial charge in [0.25, 0.3) is 0 Å². The SMILES string of the molecule is CCNC(Cc1ncccc1C)c1cc(Cl)cc(Br)c1. The van der Waals surface area contributed by atoms with Crippen molar-refractivity contribution in [3.8, 4) is 0 Å². The minimum Gasteiger partial charge on any atom is -0.310 e. The number of rotatable bonds is 5. The number of nitrogens with one attached hydrogen (secondary N) is 1. The molecular formula is C16H18BrClN2. The first kappa shape index (κ1) is 15.5. The Kier molecular flexibility index (Phi) is 5.58. The smallest absolute Gasteiger partial charge is 0.0451 e. The summed E-state index contributed by atoms with van der Waals surface area (Å²) in [6.45, 7) is 5.11. The molecule has 0 amide bonds. The van der Waals surface area contributed by atoms with Crippen molar-refractivity contribution in [3.63, 3.8) is 0 Å². The van der Waals surface area contributed by atoms with E-state index in [2.05, 4.69) is 52.2 Å². The van der Waals surface area contributed by atoms with Crippen LogP contribution in [-0.2, 0) is 6.42 Å². The van der Waals surface area contributed by atoms with Gasteiger partial charge in [0.05, 0.1) is 0 Å². The Balaban J connectivity index is 2.29. The van der Waals surface area contributed by atoms with Crippen LogP contribution in [0.25, 0.3) is 0 Å². The van der Waals surface area contributed by atoms with Gasteiger partial charge in [0.2, 0.25) is 0 Å². The molecule has 20 heavy (non-hydrogen) atoms. The molecule has 0 radical (unpaired) electrons. The normalized spacial score (nSPS) is 12.4. The van der Waals surface area contributed by atoms with E-state index < -0.39 is 0 Å². The maximum atomic E-state index is 6.16. The van der Waals surface area contributed by atoms with Crippen LogP contribution in [0.1, 0.15) is 29.8 Å². The second kappa shape index (κ2) is 7.21. The second-order valence-electron chi connectivity index (χ2n) is 4.78. The molecule has 2 rings (SSSR count). The number of aryl methyl sites for hydroxylation is 1. The molecule has 2 aromatic rings. The lowest BCUT2D eigenvalue weighted by Crippen LogP contribution is -2.23. The molecule has 106 valence electrons. The Morgan fingerprint density at radius 1 is 1.35 bits per heavy atom. The van der Waals surface area contributed by atoms with Crippen LogP contribution in [0.2, 0.25) is 5.02 Å². The summed E-state index contributed by atoms with van der Waals surface area (Å²) in [5.74, 6) is 0. The zero-order chi connectivity index (χ0) is 14.5. The number of benzene rings is 1. The molecule has 0 spiro atoms. The van der Waals surface area contributed by atoms with Crippen LogP contribution in [0.5, 0.6) is 0 Å². The van der Waals surface area contributed by atoms with Crippen molar-refractivity contribution in [3.05, 3.63) is 62.8 Å². The highest BCUT2D eigenvalue weighted by Crippen LogP contribution is 2.26. The summed E-state index contributed by atoms with van der Waals surface area (Å²) in [5, 5.41) is 4.25. The highest BCUT2D eigenvalue weighted by atomic mass is 79.9. The molecule has 1 heterocycles. The molecule has 1 atom stereocenters. The van der Waals surface area contributed by atoms with E-state index in [4.69, 9.17) is 11.6 Å². The number of nitrogens with zero attached hydrogens (tertiary/aromatic N) is 1. The van der Waals surface area contributed by atoms with E-state index in [1.165, 1.54) is 11.1 Å². The van der Waals surface area contributed by atoms with Crippen LogP contribution >= 0.6 is 27.5 Å². The van der Waals surface area contributed by atoms with Crippen LogP contribution in [0.4, 0.5) is 0 Å². The largest absolute Gasteiger partial charge is 0.310 e. The molecule has 1 aromatic carbocycles. The fourth-order valence-corrected chi connectivity index (χ4v) is 3.14. The molecular weight excluding hydrogens is 336 g/mol. The predicted octanol–water partition coefficient (Wildman–Crippen LogP) is 4.70. The van der Waals surface area contributed by atoms with E-state index in [9.17, 15) is 0 Å². The highest BCUT2D eigenvalue weighted by molar-refractivity contribution is 9.10. The van der Waals surface area contributed by atoms with Crippen LogP contribution in [0, 0.1) is 6.92 Å². The van der Waals surface area contributed by atoms with Gasteiger partial charge in [-0.2, -0.15) is 0 Å². The number of aromatic nitrogens is 1. The molecule has 2 nitrogen and oxygen atoms in total. The summed E-state index contributed by atoms with van der Waals surface area (Å²) in [4.78, 5) is 4.49. The van der Waals surface area contributed by atoms with Gasteiger partial charge in [0.15, 0.2) is 0 Å². The second-order valence-corrected chi connectivity index (χ2v) is 6.14. The minimum absolute atomic E-state index is 0.212. The Bertz CT molecular complexity index is 566. The van der Waals surface area contributed by atoms with E-state index >= 15 is 0 Å². The van der Waals surface area contributed by atoms with Crippen molar-refractivity contribution in [1.29, 1.82) is 0 Å². The first-order chi connectivity index (χ1) is 9.60. The third-order valence-corrected chi connectivity index (χ3v) is 3.93. The van der Waals surface area contributed by atoms with Gasteiger partial charge in [0, 0.05) is 33.8 Å². The van der Waals surface area contributed by atoms with Gasteiger partial charge in [0.1, 0.15) is 0 Å². The molecule has 0 saturated heterocycles. The van der Waals surface area contributed by atoms with Crippen LogP contribution in [-0.4, -0.2) is 11.5 Å². The van der Waals surface area contributed by atoms with Crippen molar-refractivity contribution in [2.24, 2.45) is 0 Å². The topological polar surface area (TPSA) is 24.9 Å². The first-order valence-corrected chi connectivity index (χ1v) is 7.87.